The van der Waals surface area contributed by atoms with Gasteiger partial charge in [0.05, 0.1) is 42.2 Å². The number of nitrogens with zero attached hydrogens (tertiary/aromatic N) is 2. The van der Waals surface area contributed by atoms with Crippen molar-refractivity contribution in [3.8, 4) is 11.8 Å². The van der Waals surface area contributed by atoms with Crippen LogP contribution in [0.25, 0.3) is 10.8 Å². The van der Waals surface area contributed by atoms with Crippen LogP contribution in [0, 0.1) is 34.9 Å². The first kappa shape index (κ1) is 41.6. The van der Waals surface area contributed by atoms with E-state index < -0.39 is 67.3 Å². The molecule has 1 aromatic heterocycles. The molecule has 0 unspecified atom stereocenters. The predicted octanol–water partition coefficient (Wildman–Crippen LogP) is 6.45. The third kappa shape index (κ3) is 8.89. The number of methoxy groups -OCH3 is 1. The largest absolute Gasteiger partial charge is 0.481 e. The summed E-state index contributed by atoms with van der Waals surface area (Å²) in [7, 11) is -2.55. The van der Waals surface area contributed by atoms with Crippen molar-refractivity contribution < 1.29 is 46.2 Å². The molecular formula is C42H56FN3O9S. The van der Waals surface area contributed by atoms with Gasteiger partial charge in [-0.2, -0.15) is 4.98 Å². The maximum atomic E-state index is 15.0. The third-order valence-corrected chi connectivity index (χ3v) is 14.3. The Morgan fingerprint density at radius 1 is 1.12 bits per heavy atom. The number of hydrogen-bond donors (Lipinski definition) is 1. The van der Waals surface area contributed by atoms with Gasteiger partial charge in [0.25, 0.3) is 0 Å². The van der Waals surface area contributed by atoms with E-state index in [0.717, 1.165) is 6.42 Å². The van der Waals surface area contributed by atoms with Crippen LogP contribution in [0.2, 0.25) is 0 Å². The van der Waals surface area contributed by atoms with Crippen LogP contribution in [-0.2, 0) is 33.9 Å². The van der Waals surface area contributed by atoms with E-state index in [-0.39, 0.29) is 61.2 Å². The molecule has 7 atom stereocenters. The first-order valence-electron chi connectivity index (χ1n) is 19.9. The van der Waals surface area contributed by atoms with Crippen LogP contribution >= 0.6 is 0 Å². The quantitative estimate of drug-likeness (QED) is 0.221. The maximum Gasteiger partial charge on any atom is 0.307 e. The van der Waals surface area contributed by atoms with E-state index in [1.165, 1.54) is 24.1 Å². The molecule has 0 radical (unpaired) electrons. The summed E-state index contributed by atoms with van der Waals surface area (Å²) < 4.78 is 59.6. The van der Waals surface area contributed by atoms with Crippen molar-refractivity contribution >= 4 is 44.4 Å². The Morgan fingerprint density at radius 2 is 1.86 bits per heavy atom. The molecule has 1 aromatic carbocycles. The van der Waals surface area contributed by atoms with Gasteiger partial charge in [0.2, 0.25) is 33.6 Å². The van der Waals surface area contributed by atoms with Crippen LogP contribution in [0.3, 0.4) is 0 Å². The van der Waals surface area contributed by atoms with Crippen LogP contribution < -0.4 is 14.2 Å². The highest BCUT2D eigenvalue weighted by molar-refractivity contribution is 7.91. The topological polar surface area (TPSA) is 158 Å². The second-order valence-electron chi connectivity index (χ2n) is 17.7. The van der Waals surface area contributed by atoms with Gasteiger partial charge < -0.3 is 19.1 Å². The average molecular weight is 798 g/mol. The second kappa shape index (κ2) is 15.7. The van der Waals surface area contributed by atoms with Crippen LogP contribution in [0.15, 0.2) is 36.4 Å². The van der Waals surface area contributed by atoms with E-state index in [1.54, 1.807) is 39.8 Å². The van der Waals surface area contributed by atoms with Gasteiger partial charge >= 0.3 is 5.97 Å². The van der Waals surface area contributed by atoms with Gasteiger partial charge in [-0.25, -0.2) is 12.8 Å². The SMILES string of the molecule is CC[C@@H]1C[C@H](C)CC/C=C\[C@@H]2C[C@@]2(C(=O)NS(=O)(=O)C2(C)CC2)CC(=O)[C@@H]2C[C@@H](Oc3nc(OC)cc4cc(F)ccc34)CN2C(=O)[C@H]1CC(=O)OC(C)(C)C. The summed E-state index contributed by atoms with van der Waals surface area (Å²) >= 11 is 0. The highest BCUT2D eigenvalue weighted by Crippen LogP contribution is 2.58. The minimum atomic E-state index is -3.98. The molecule has 14 heteroatoms. The lowest BCUT2D eigenvalue weighted by atomic mass is 9.79. The zero-order valence-electron chi connectivity index (χ0n) is 33.6. The molecule has 0 spiro atoms. The number of benzene rings is 1. The van der Waals surface area contributed by atoms with Gasteiger partial charge in [-0.15, -0.1) is 0 Å². The number of rotatable bonds is 9. The third-order valence-electron chi connectivity index (χ3n) is 12.2. The predicted molar refractivity (Wildman–Crippen MR) is 208 cm³/mol. The Morgan fingerprint density at radius 3 is 2.52 bits per heavy atom. The summed E-state index contributed by atoms with van der Waals surface area (Å²) in [5.74, 6) is -3.31. The number of halogens is 1. The number of ketones is 1. The number of hydrogen-bond acceptors (Lipinski definition) is 10. The van der Waals surface area contributed by atoms with E-state index in [1.807, 2.05) is 19.1 Å². The Kier molecular flexibility index (Phi) is 11.7. The Balaban J connectivity index is 1.38. The number of amides is 2. The van der Waals surface area contributed by atoms with Crippen molar-refractivity contribution in [3.63, 3.8) is 0 Å². The molecule has 6 rings (SSSR count). The van der Waals surface area contributed by atoms with E-state index in [4.69, 9.17) is 14.2 Å². The molecule has 2 saturated carbocycles. The van der Waals surface area contributed by atoms with Gasteiger partial charge in [0, 0.05) is 24.3 Å². The number of ether oxygens (including phenoxy) is 3. The van der Waals surface area contributed by atoms with Crippen LogP contribution in [0.1, 0.15) is 106 Å². The molecule has 1 N–H and O–H groups in total. The van der Waals surface area contributed by atoms with E-state index in [9.17, 15) is 27.2 Å². The van der Waals surface area contributed by atoms with Gasteiger partial charge in [0.15, 0.2) is 5.78 Å². The Labute approximate surface area is 329 Å². The molecule has 2 aliphatic carbocycles. The van der Waals surface area contributed by atoms with Crippen molar-refractivity contribution in [1.29, 1.82) is 0 Å². The Hall–Kier alpha value is -4.07. The Bertz CT molecular complexity index is 2010. The summed E-state index contributed by atoms with van der Waals surface area (Å²) in [5.41, 5.74) is -2.08. The summed E-state index contributed by atoms with van der Waals surface area (Å²) in [4.78, 5) is 63.1. The van der Waals surface area contributed by atoms with Crippen molar-refractivity contribution in [3.05, 3.63) is 42.2 Å². The minimum absolute atomic E-state index is 0.0249. The number of carbonyl (C=O) groups is 4. The van der Waals surface area contributed by atoms with Gasteiger partial charge in [-0.05, 0) is 108 Å². The number of carbonyl (C=O) groups excluding carboxylic acids is 4. The van der Waals surface area contributed by atoms with Crippen LogP contribution in [-0.4, -0.2) is 78.0 Å². The number of esters is 1. The highest BCUT2D eigenvalue weighted by atomic mass is 32.2. The molecule has 2 aliphatic heterocycles. The highest BCUT2D eigenvalue weighted by Gasteiger charge is 2.62. The van der Waals surface area contributed by atoms with Gasteiger partial charge in [0.1, 0.15) is 17.5 Å². The number of fused-ring (bicyclic) bond motifs is 3. The monoisotopic (exact) mass is 797 g/mol. The summed E-state index contributed by atoms with van der Waals surface area (Å²) in [6.45, 7) is 11.0. The second-order valence-corrected chi connectivity index (χ2v) is 19.9. The zero-order chi connectivity index (χ0) is 40.8. The molecule has 56 heavy (non-hydrogen) atoms. The molecule has 0 bridgehead atoms. The standard InChI is InChI=1S/C42H56FN3O9S/c1-8-26-17-25(2)11-9-10-12-28-22-42(28,39(50)45-56(51,52)41(6)15-16-41)23-34(47)33-20-30(24-46(33)38(49)32(26)21-36(48)55-40(3,4)5)54-37-31-14-13-29(43)18-27(31)19-35(44-37)53-7/h10,12-14,18-19,25-26,28,30,32-33H,8-9,11,15-17,20-24H2,1-7H3,(H,45,50)/b12-10-/t25-,26-,28-,30-,32+,33+,42-/m1/s1. The fourth-order valence-corrected chi connectivity index (χ4v) is 9.76. The fraction of sp³-hybridized carbons (Fsp3) is 0.643. The number of pyridine rings is 1. The molecule has 306 valence electrons. The van der Waals surface area contributed by atoms with Crippen LogP contribution in [0.5, 0.6) is 11.8 Å². The number of Topliss-reactive ketones (excluding diaryl/α,β-unsaturated/α-hetero) is 1. The van der Waals surface area contributed by atoms with E-state index in [2.05, 4.69) is 16.6 Å². The minimum Gasteiger partial charge on any atom is -0.481 e. The molecule has 2 amide bonds. The number of aromatic nitrogens is 1. The fourth-order valence-electron chi connectivity index (χ4n) is 8.43. The van der Waals surface area contributed by atoms with E-state index >= 15 is 4.79 Å². The average Bonchev–Trinajstić information content (AvgIpc) is 4.00. The van der Waals surface area contributed by atoms with Crippen molar-refractivity contribution in [2.24, 2.45) is 29.1 Å². The first-order valence-corrected chi connectivity index (χ1v) is 21.4. The molecular weight excluding hydrogens is 742 g/mol. The zero-order valence-corrected chi connectivity index (χ0v) is 34.4. The molecule has 3 fully saturated rings. The van der Waals surface area contributed by atoms with Gasteiger partial charge in [-0.1, -0.05) is 32.4 Å². The number of sulfonamides is 1. The molecule has 1 saturated heterocycles. The van der Waals surface area contributed by atoms with E-state index in [0.29, 0.717) is 49.3 Å². The maximum absolute atomic E-state index is 15.0. The van der Waals surface area contributed by atoms with Crippen molar-refractivity contribution in [2.75, 3.05) is 13.7 Å². The summed E-state index contributed by atoms with van der Waals surface area (Å²) in [6.07, 6.45) is 6.72. The van der Waals surface area contributed by atoms with Crippen molar-refractivity contribution in [2.45, 2.75) is 128 Å². The normalized spacial score (nSPS) is 30.0. The van der Waals surface area contributed by atoms with Gasteiger partial charge in [-0.3, -0.25) is 23.9 Å². The smallest absolute Gasteiger partial charge is 0.307 e. The molecule has 2 aromatic rings. The number of allylic oxidation sites excluding steroid dienone is 2. The van der Waals surface area contributed by atoms with Crippen molar-refractivity contribution in [1.82, 2.24) is 14.6 Å². The lowest BCUT2D eigenvalue weighted by molar-refractivity contribution is -0.160. The lowest BCUT2D eigenvalue weighted by Crippen LogP contribution is -2.48. The number of nitrogens with one attached hydrogen (secondary N) is 1. The molecule has 3 heterocycles. The van der Waals surface area contributed by atoms with Crippen LogP contribution in [0.4, 0.5) is 4.39 Å². The first-order chi connectivity index (χ1) is 26.3. The lowest BCUT2D eigenvalue weighted by Gasteiger charge is -2.33. The summed E-state index contributed by atoms with van der Waals surface area (Å²) in [5, 5.41) is 0.992. The summed E-state index contributed by atoms with van der Waals surface area (Å²) in [6, 6.07) is 4.70. The molecule has 12 nitrogen and oxygen atoms in total. The molecule has 4 aliphatic rings.